The quantitative estimate of drug-likeness (QED) is 0.670. The molecule has 0 saturated carbocycles. The van der Waals surface area contributed by atoms with Gasteiger partial charge in [-0.2, -0.15) is 0 Å². The molecule has 0 bridgehead atoms. The third-order valence-corrected chi connectivity index (χ3v) is 2.82. The van der Waals surface area contributed by atoms with Gasteiger partial charge in [0.25, 0.3) is 0 Å². The van der Waals surface area contributed by atoms with E-state index in [0.29, 0.717) is 13.2 Å². The summed E-state index contributed by atoms with van der Waals surface area (Å²) in [5, 5.41) is 3.98. The number of rotatable bonds is 2. The van der Waals surface area contributed by atoms with Crippen molar-refractivity contribution in [1.82, 2.24) is 0 Å². The van der Waals surface area contributed by atoms with E-state index in [1.165, 1.54) is 0 Å². The molecule has 0 aromatic heterocycles. The van der Waals surface area contributed by atoms with E-state index in [2.05, 4.69) is 5.16 Å². The van der Waals surface area contributed by atoms with E-state index in [1.807, 2.05) is 13.8 Å². The fourth-order valence-corrected chi connectivity index (χ4v) is 2.07. The maximum Gasteiger partial charge on any atom is 0.163 e. The summed E-state index contributed by atoms with van der Waals surface area (Å²) in [5.74, 6) is -0.496. The maximum absolute atomic E-state index is 5.77. The van der Waals surface area contributed by atoms with Crippen molar-refractivity contribution in [2.45, 2.75) is 44.7 Å². The molecule has 0 aromatic rings. The Kier molecular flexibility index (Phi) is 3.47. The van der Waals surface area contributed by atoms with Crippen LogP contribution in [-0.2, 0) is 19.0 Å². The van der Waals surface area contributed by atoms with Gasteiger partial charge in [-0.3, -0.25) is 0 Å². The Balaban J connectivity index is 1.93. The normalized spacial score (nSPS) is 36.6. The first-order valence-corrected chi connectivity index (χ1v) is 5.63. The van der Waals surface area contributed by atoms with Crippen LogP contribution in [0.3, 0.4) is 0 Å². The zero-order valence-corrected chi connectivity index (χ0v) is 10.1. The molecule has 5 heteroatoms. The van der Waals surface area contributed by atoms with Gasteiger partial charge in [-0.05, 0) is 13.8 Å². The number of ether oxygens (including phenoxy) is 3. The summed E-state index contributed by atoms with van der Waals surface area (Å²) in [4.78, 5) is 4.79. The summed E-state index contributed by atoms with van der Waals surface area (Å²) in [6.45, 7) is 5.09. The largest absolute Gasteiger partial charge is 0.399 e. The molecule has 0 spiro atoms. The van der Waals surface area contributed by atoms with E-state index in [9.17, 15) is 0 Å². The second-order valence-corrected chi connectivity index (χ2v) is 4.57. The number of nitrogens with zero attached hydrogens (tertiary/aromatic N) is 1. The molecule has 16 heavy (non-hydrogen) atoms. The lowest BCUT2D eigenvalue weighted by atomic mass is 10.0. The van der Waals surface area contributed by atoms with E-state index in [0.717, 1.165) is 18.6 Å². The van der Waals surface area contributed by atoms with Crippen molar-refractivity contribution in [3.05, 3.63) is 0 Å². The Morgan fingerprint density at radius 1 is 1.38 bits per heavy atom. The van der Waals surface area contributed by atoms with Gasteiger partial charge in [0.2, 0.25) is 0 Å². The van der Waals surface area contributed by atoms with Crippen LogP contribution in [0.1, 0.15) is 26.7 Å². The highest BCUT2D eigenvalue weighted by Gasteiger charge is 2.39. The molecule has 92 valence electrons. The van der Waals surface area contributed by atoms with E-state index in [1.54, 1.807) is 7.11 Å². The summed E-state index contributed by atoms with van der Waals surface area (Å²) in [6.07, 6.45) is 1.63. The van der Waals surface area contributed by atoms with Gasteiger partial charge in [0.05, 0.1) is 25.0 Å². The van der Waals surface area contributed by atoms with Crippen molar-refractivity contribution >= 4 is 5.71 Å². The number of hydrogen-bond donors (Lipinski definition) is 0. The van der Waals surface area contributed by atoms with Crippen LogP contribution in [-0.4, -0.2) is 44.0 Å². The molecule has 0 N–H and O–H groups in total. The molecular formula is C11H19NO4. The van der Waals surface area contributed by atoms with Crippen LogP contribution in [0.25, 0.3) is 0 Å². The summed E-state index contributed by atoms with van der Waals surface area (Å²) < 4.78 is 17.0. The molecule has 2 saturated heterocycles. The van der Waals surface area contributed by atoms with E-state index in [4.69, 9.17) is 19.0 Å². The van der Waals surface area contributed by atoms with Crippen molar-refractivity contribution in [1.29, 1.82) is 0 Å². The number of oxime groups is 1. The van der Waals surface area contributed by atoms with E-state index >= 15 is 0 Å². The highest BCUT2D eigenvalue weighted by atomic mass is 16.7. The van der Waals surface area contributed by atoms with Crippen molar-refractivity contribution in [3.63, 3.8) is 0 Å². The molecule has 0 aromatic carbocycles. The average molecular weight is 229 g/mol. The van der Waals surface area contributed by atoms with Gasteiger partial charge >= 0.3 is 0 Å². The van der Waals surface area contributed by atoms with Crippen molar-refractivity contribution in [3.8, 4) is 0 Å². The lowest BCUT2D eigenvalue weighted by Gasteiger charge is -2.28. The third kappa shape index (κ3) is 2.72. The van der Waals surface area contributed by atoms with Crippen LogP contribution in [0.2, 0.25) is 0 Å². The van der Waals surface area contributed by atoms with Crippen molar-refractivity contribution in [2.24, 2.45) is 5.16 Å². The van der Waals surface area contributed by atoms with Gasteiger partial charge < -0.3 is 19.0 Å². The first-order chi connectivity index (χ1) is 7.61. The van der Waals surface area contributed by atoms with Gasteiger partial charge in [0.15, 0.2) is 5.79 Å². The highest BCUT2D eigenvalue weighted by molar-refractivity contribution is 5.85. The van der Waals surface area contributed by atoms with Crippen molar-refractivity contribution in [2.75, 3.05) is 20.3 Å². The van der Waals surface area contributed by atoms with Gasteiger partial charge in [-0.1, -0.05) is 5.16 Å². The molecule has 2 rings (SSSR count). The second-order valence-electron chi connectivity index (χ2n) is 4.57. The number of hydrogen-bond acceptors (Lipinski definition) is 5. The van der Waals surface area contributed by atoms with Crippen LogP contribution >= 0.6 is 0 Å². The molecule has 0 unspecified atom stereocenters. The highest BCUT2D eigenvalue weighted by Crippen LogP contribution is 2.28. The SMILES string of the molecule is CO/N=C1\CCO[C@@H]([C@H]2COC(C)(C)O2)C1. The van der Waals surface area contributed by atoms with Gasteiger partial charge in [0, 0.05) is 12.8 Å². The summed E-state index contributed by atoms with van der Waals surface area (Å²) in [6, 6.07) is 0. The minimum atomic E-state index is -0.496. The van der Waals surface area contributed by atoms with E-state index in [-0.39, 0.29) is 12.2 Å². The maximum atomic E-state index is 5.77. The molecule has 5 nitrogen and oxygen atoms in total. The second kappa shape index (κ2) is 4.69. The van der Waals surface area contributed by atoms with Crippen LogP contribution < -0.4 is 0 Å². The van der Waals surface area contributed by atoms with E-state index < -0.39 is 5.79 Å². The minimum absolute atomic E-state index is 0.00245. The molecule has 0 amide bonds. The third-order valence-electron chi connectivity index (χ3n) is 2.82. The van der Waals surface area contributed by atoms with Crippen LogP contribution in [0, 0.1) is 0 Å². The average Bonchev–Trinajstić information content (AvgIpc) is 2.60. The summed E-state index contributed by atoms with van der Waals surface area (Å²) >= 11 is 0. The Morgan fingerprint density at radius 2 is 2.19 bits per heavy atom. The van der Waals surface area contributed by atoms with Crippen LogP contribution in [0.4, 0.5) is 0 Å². The molecule has 0 radical (unpaired) electrons. The van der Waals surface area contributed by atoms with Crippen LogP contribution in [0.15, 0.2) is 5.16 Å². The molecule has 2 heterocycles. The topological polar surface area (TPSA) is 49.3 Å². The van der Waals surface area contributed by atoms with Gasteiger partial charge in [-0.25, -0.2) is 0 Å². The summed E-state index contributed by atoms with van der Waals surface area (Å²) in [5.41, 5.74) is 1.03. The first kappa shape index (κ1) is 11.8. The Morgan fingerprint density at radius 3 is 2.81 bits per heavy atom. The Bertz CT molecular complexity index is 277. The predicted molar refractivity (Wildman–Crippen MR) is 58.3 cm³/mol. The van der Waals surface area contributed by atoms with Crippen LogP contribution in [0.5, 0.6) is 0 Å². The fourth-order valence-electron chi connectivity index (χ4n) is 2.07. The molecule has 2 fully saturated rings. The summed E-state index contributed by atoms with van der Waals surface area (Å²) in [7, 11) is 1.57. The lowest BCUT2D eigenvalue weighted by molar-refractivity contribution is -0.156. The minimum Gasteiger partial charge on any atom is -0.399 e. The Labute approximate surface area is 95.7 Å². The zero-order valence-electron chi connectivity index (χ0n) is 10.1. The fraction of sp³-hybridized carbons (Fsp3) is 0.909. The zero-order chi connectivity index (χ0) is 11.6. The lowest BCUT2D eigenvalue weighted by Crippen LogP contribution is -2.38. The molecule has 2 atom stereocenters. The van der Waals surface area contributed by atoms with Gasteiger partial charge in [0.1, 0.15) is 13.2 Å². The molecule has 2 aliphatic heterocycles. The predicted octanol–water partition coefficient (Wildman–Crippen LogP) is 1.32. The Hall–Kier alpha value is -0.650. The first-order valence-electron chi connectivity index (χ1n) is 5.63. The standard InChI is InChI=1S/C11H19NO4/c1-11(2)15-7-10(16-11)9-6-8(12-13-3)4-5-14-9/h9-10H,4-7H2,1-3H3/b12-8+/t9-,10-/m1/s1. The smallest absolute Gasteiger partial charge is 0.163 e. The molecular weight excluding hydrogens is 210 g/mol. The molecule has 0 aliphatic carbocycles. The van der Waals surface area contributed by atoms with Gasteiger partial charge in [-0.15, -0.1) is 0 Å². The molecule has 2 aliphatic rings. The van der Waals surface area contributed by atoms with Crippen molar-refractivity contribution < 1.29 is 19.0 Å². The monoisotopic (exact) mass is 229 g/mol.